The molecule has 0 aliphatic carbocycles. The van der Waals surface area contributed by atoms with Gasteiger partial charge in [0.05, 0.1) is 0 Å². The van der Waals surface area contributed by atoms with E-state index in [-0.39, 0.29) is 5.56 Å². The molecule has 0 saturated heterocycles. The van der Waals surface area contributed by atoms with E-state index in [0.717, 1.165) is 5.69 Å². The Morgan fingerprint density at radius 1 is 1.32 bits per heavy atom. The van der Waals surface area contributed by atoms with Crippen molar-refractivity contribution in [2.24, 2.45) is 0 Å². The van der Waals surface area contributed by atoms with E-state index < -0.39 is 0 Å². The summed E-state index contributed by atoms with van der Waals surface area (Å²) in [5.41, 5.74) is 1.68. The summed E-state index contributed by atoms with van der Waals surface area (Å²) in [5, 5.41) is 11.3. The molecule has 7 nitrogen and oxygen atoms in total. The lowest BCUT2D eigenvalue weighted by Gasteiger charge is -2.06. The topological polar surface area (TPSA) is 78.0 Å². The van der Waals surface area contributed by atoms with Crippen LogP contribution < -0.4 is 5.56 Å². The Hall–Kier alpha value is -2.57. The molecule has 0 aliphatic heterocycles. The van der Waals surface area contributed by atoms with E-state index in [1.807, 2.05) is 26.0 Å². The van der Waals surface area contributed by atoms with Gasteiger partial charge in [0.25, 0.3) is 5.56 Å². The molecule has 0 bridgehead atoms. The highest BCUT2D eigenvalue weighted by Gasteiger charge is 2.14. The summed E-state index contributed by atoms with van der Waals surface area (Å²) in [7, 11) is 0. The first-order valence-electron chi connectivity index (χ1n) is 5.96. The smallest absolute Gasteiger partial charge is 0.268 e. The molecule has 0 aromatic carbocycles. The highest BCUT2D eigenvalue weighted by atomic mass is 16.1. The molecule has 0 atom stereocenters. The Morgan fingerprint density at radius 3 is 2.95 bits per heavy atom. The van der Waals surface area contributed by atoms with Gasteiger partial charge in [-0.25, -0.2) is 9.67 Å². The Morgan fingerprint density at radius 2 is 2.16 bits per heavy atom. The monoisotopic (exact) mass is 256 g/mol. The number of hydrogen-bond donors (Lipinski definition) is 0. The van der Waals surface area contributed by atoms with Crippen molar-refractivity contribution < 1.29 is 0 Å². The van der Waals surface area contributed by atoms with Gasteiger partial charge in [0.1, 0.15) is 11.2 Å². The van der Waals surface area contributed by atoms with Crippen molar-refractivity contribution in [3.05, 3.63) is 40.4 Å². The van der Waals surface area contributed by atoms with Crippen LogP contribution >= 0.6 is 0 Å². The lowest BCUT2D eigenvalue weighted by Crippen LogP contribution is -2.20. The van der Waals surface area contributed by atoms with E-state index in [1.165, 1.54) is 6.20 Å². The lowest BCUT2D eigenvalue weighted by molar-refractivity contribution is 0.630. The predicted molar refractivity (Wildman–Crippen MR) is 68.7 cm³/mol. The molecule has 0 radical (unpaired) electrons. The van der Waals surface area contributed by atoms with Crippen molar-refractivity contribution in [3.8, 4) is 11.4 Å². The number of aryl methyl sites for hydroxylation is 2. The van der Waals surface area contributed by atoms with Crippen molar-refractivity contribution in [1.29, 1.82) is 0 Å². The molecule has 0 amide bonds. The van der Waals surface area contributed by atoms with Gasteiger partial charge >= 0.3 is 0 Å². The van der Waals surface area contributed by atoms with Crippen molar-refractivity contribution in [1.82, 2.24) is 29.6 Å². The quantitative estimate of drug-likeness (QED) is 0.673. The Kier molecular flexibility index (Phi) is 2.59. The molecule has 7 heteroatoms. The molecular formula is C12H12N6O. The molecule has 3 rings (SSSR count). The van der Waals surface area contributed by atoms with Crippen LogP contribution in [0.25, 0.3) is 17.0 Å². The highest BCUT2D eigenvalue weighted by Crippen LogP contribution is 2.11. The first-order chi connectivity index (χ1) is 9.22. The summed E-state index contributed by atoms with van der Waals surface area (Å²) in [6, 6.07) is 5.52. The summed E-state index contributed by atoms with van der Waals surface area (Å²) in [6.07, 6.45) is 1.52. The van der Waals surface area contributed by atoms with E-state index in [2.05, 4.69) is 20.5 Å². The number of aromatic nitrogens is 6. The van der Waals surface area contributed by atoms with Gasteiger partial charge in [0, 0.05) is 18.4 Å². The molecule has 3 heterocycles. The minimum atomic E-state index is -0.160. The van der Waals surface area contributed by atoms with Gasteiger partial charge in [-0.05, 0) is 36.4 Å². The molecule has 0 unspecified atom stereocenters. The van der Waals surface area contributed by atoms with Crippen molar-refractivity contribution in [2.75, 3.05) is 0 Å². The number of hydrogen-bond acceptors (Lipinski definition) is 5. The largest absolute Gasteiger partial charge is 0.269 e. The summed E-state index contributed by atoms with van der Waals surface area (Å²) in [6.45, 7) is 4.37. The molecule has 96 valence electrons. The zero-order valence-electron chi connectivity index (χ0n) is 10.6. The lowest BCUT2D eigenvalue weighted by atomic mass is 10.3. The van der Waals surface area contributed by atoms with Crippen LogP contribution in [0, 0.1) is 6.92 Å². The molecule has 3 aromatic heterocycles. The number of nitrogens with zero attached hydrogens (tertiary/aromatic N) is 6. The van der Waals surface area contributed by atoms with Gasteiger partial charge in [0.2, 0.25) is 0 Å². The van der Waals surface area contributed by atoms with Gasteiger partial charge < -0.3 is 0 Å². The van der Waals surface area contributed by atoms with E-state index >= 15 is 0 Å². The Bertz CT molecular complexity index is 803. The summed E-state index contributed by atoms with van der Waals surface area (Å²) in [4.78, 5) is 16.8. The fraction of sp³-hybridized carbons (Fsp3) is 0.250. The SMILES string of the molecule is CCn1nnnc1-c1cnc2cccc(C)n2c1=O. The number of rotatable bonds is 2. The number of tetrazole rings is 1. The normalized spacial score (nSPS) is 11.1. The second-order valence-electron chi connectivity index (χ2n) is 4.16. The van der Waals surface area contributed by atoms with Gasteiger partial charge in [-0.15, -0.1) is 5.10 Å². The second kappa shape index (κ2) is 4.27. The van der Waals surface area contributed by atoms with E-state index in [1.54, 1.807) is 15.1 Å². The van der Waals surface area contributed by atoms with Crippen LogP contribution in [0.3, 0.4) is 0 Å². The van der Waals surface area contributed by atoms with Crippen LogP contribution in [-0.4, -0.2) is 29.6 Å². The van der Waals surface area contributed by atoms with Crippen LogP contribution in [0.2, 0.25) is 0 Å². The van der Waals surface area contributed by atoms with Crippen molar-refractivity contribution in [2.45, 2.75) is 20.4 Å². The van der Waals surface area contributed by atoms with Gasteiger partial charge in [0.15, 0.2) is 5.82 Å². The van der Waals surface area contributed by atoms with Crippen LogP contribution in [0.5, 0.6) is 0 Å². The molecule has 0 spiro atoms. The standard InChI is InChI=1S/C12H12N6O/c1-3-17-11(14-15-16-17)9-7-13-10-6-4-5-8(2)18(10)12(9)19/h4-7H,3H2,1-2H3. The maximum atomic E-state index is 12.5. The molecule has 0 fully saturated rings. The zero-order valence-corrected chi connectivity index (χ0v) is 10.6. The third-order valence-corrected chi connectivity index (χ3v) is 3.00. The number of pyridine rings is 1. The minimum absolute atomic E-state index is 0.160. The molecule has 0 N–H and O–H groups in total. The summed E-state index contributed by atoms with van der Waals surface area (Å²) in [5.74, 6) is 0.442. The Balaban J connectivity index is 2.35. The van der Waals surface area contributed by atoms with Crippen molar-refractivity contribution >= 4 is 5.65 Å². The first-order valence-corrected chi connectivity index (χ1v) is 5.96. The number of fused-ring (bicyclic) bond motifs is 1. The van der Waals surface area contributed by atoms with Gasteiger partial charge in [-0.2, -0.15) is 0 Å². The fourth-order valence-corrected chi connectivity index (χ4v) is 2.04. The minimum Gasteiger partial charge on any atom is -0.268 e. The maximum Gasteiger partial charge on any atom is 0.269 e. The average Bonchev–Trinajstić information content (AvgIpc) is 2.87. The van der Waals surface area contributed by atoms with Crippen LogP contribution in [0.4, 0.5) is 0 Å². The van der Waals surface area contributed by atoms with Crippen LogP contribution in [0.15, 0.2) is 29.2 Å². The molecular weight excluding hydrogens is 244 g/mol. The third kappa shape index (κ3) is 1.70. The molecule has 19 heavy (non-hydrogen) atoms. The maximum absolute atomic E-state index is 12.5. The fourth-order valence-electron chi connectivity index (χ4n) is 2.04. The van der Waals surface area contributed by atoms with Crippen molar-refractivity contribution in [3.63, 3.8) is 0 Å². The first kappa shape index (κ1) is 11.5. The predicted octanol–water partition coefficient (Wildman–Crippen LogP) is 0.676. The van der Waals surface area contributed by atoms with Crippen LogP contribution in [0.1, 0.15) is 12.6 Å². The zero-order chi connectivity index (χ0) is 13.4. The second-order valence-corrected chi connectivity index (χ2v) is 4.16. The molecule has 0 aliphatic rings. The molecule has 3 aromatic rings. The van der Waals surface area contributed by atoms with Crippen LogP contribution in [-0.2, 0) is 6.54 Å². The summed E-state index contributed by atoms with van der Waals surface area (Å²) >= 11 is 0. The highest BCUT2D eigenvalue weighted by molar-refractivity contribution is 5.55. The van der Waals surface area contributed by atoms with E-state index in [4.69, 9.17) is 0 Å². The average molecular weight is 256 g/mol. The summed E-state index contributed by atoms with van der Waals surface area (Å²) < 4.78 is 3.13. The van der Waals surface area contributed by atoms with Gasteiger partial charge in [-0.1, -0.05) is 6.07 Å². The van der Waals surface area contributed by atoms with E-state index in [9.17, 15) is 4.79 Å². The van der Waals surface area contributed by atoms with E-state index in [0.29, 0.717) is 23.6 Å². The van der Waals surface area contributed by atoms with Gasteiger partial charge in [-0.3, -0.25) is 9.20 Å². The molecule has 0 saturated carbocycles. The third-order valence-electron chi connectivity index (χ3n) is 3.00. The Labute approximate surface area is 108 Å².